The highest BCUT2D eigenvalue weighted by molar-refractivity contribution is 7.98. The lowest BCUT2D eigenvalue weighted by Gasteiger charge is -2.19. The van der Waals surface area contributed by atoms with E-state index in [4.69, 9.17) is 4.74 Å². The van der Waals surface area contributed by atoms with Gasteiger partial charge in [0.2, 0.25) is 5.91 Å². The van der Waals surface area contributed by atoms with Crippen LogP contribution in [0.4, 0.5) is 0 Å². The summed E-state index contributed by atoms with van der Waals surface area (Å²) < 4.78 is 5.22. The summed E-state index contributed by atoms with van der Waals surface area (Å²) in [6.07, 6.45) is 4.21. The van der Waals surface area contributed by atoms with Crippen molar-refractivity contribution in [2.75, 3.05) is 19.1 Å². The van der Waals surface area contributed by atoms with Crippen LogP contribution in [0.25, 0.3) is 10.9 Å². The predicted molar refractivity (Wildman–Crippen MR) is 126 cm³/mol. The van der Waals surface area contributed by atoms with Gasteiger partial charge in [-0.15, -0.1) is 0 Å². The molecule has 0 aliphatic rings. The highest BCUT2D eigenvalue weighted by atomic mass is 32.2. The van der Waals surface area contributed by atoms with Gasteiger partial charge >= 0.3 is 0 Å². The molecule has 8 nitrogen and oxygen atoms in total. The van der Waals surface area contributed by atoms with Crippen LogP contribution in [-0.2, 0) is 16.0 Å². The first-order chi connectivity index (χ1) is 15.5. The minimum atomic E-state index is -0.812. The Morgan fingerprint density at radius 1 is 1.06 bits per heavy atom. The molecule has 0 aliphatic carbocycles. The molecule has 1 heterocycles. The summed E-state index contributed by atoms with van der Waals surface area (Å²) >= 11 is 1.56. The third-order valence-electron chi connectivity index (χ3n) is 4.94. The molecule has 1 atom stereocenters. The normalized spacial score (nSPS) is 11.6. The average Bonchev–Trinajstić information content (AvgIpc) is 3.22. The molecule has 1 unspecified atom stereocenters. The monoisotopic (exact) mass is 454 g/mol. The lowest BCUT2D eigenvalue weighted by molar-refractivity contribution is -0.129. The van der Waals surface area contributed by atoms with Gasteiger partial charge in [0.1, 0.15) is 11.8 Å². The molecule has 0 saturated carbocycles. The molecule has 9 heteroatoms. The average molecular weight is 455 g/mol. The molecule has 0 aliphatic heterocycles. The molecule has 0 spiro atoms. The molecule has 4 N–H and O–H groups in total. The SMILES string of the molecule is COc1ccccc1C(=O)NC(CCSC)C(=O)NNC(=O)Cc1c[nH]c2ccccc12. The van der Waals surface area contributed by atoms with Crippen molar-refractivity contribution < 1.29 is 19.1 Å². The Kier molecular flexibility index (Phi) is 8.15. The molecule has 168 valence electrons. The standard InChI is InChI=1S/C23H26N4O4S/c1-31-20-10-6-4-8-17(20)22(29)25-19(11-12-32-2)23(30)27-26-21(28)13-15-14-24-18-9-5-3-7-16(15)18/h3-10,14,19,24H,11-13H2,1-2H3,(H,25,29)(H,26,28)(H,27,30). The van der Waals surface area contributed by atoms with Gasteiger partial charge in [-0.3, -0.25) is 25.2 Å². The summed E-state index contributed by atoms with van der Waals surface area (Å²) in [7, 11) is 1.48. The van der Waals surface area contributed by atoms with Crippen LogP contribution in [0.5, 0.6) is 5.75 Å². The molecule has 0 fully saturated rings. The summed E-state index contributed by atoms with van der Waals surface area (Å²) in [6, 6.07) is 13.6. The number of aromatic nitrogens is 1. The van der Waals surface area contributed by atoms with Crippen LogP contribution in [0.1, 0.15) is 22.3 Å². The second kappa shape index (κ2) is 11.2. The van der Waals surface area contributed by atoms with Crippen molar-refractivity contribution in [2.45, 2.75) is 18.9 Å². The number of nitrogens with one attached hydrogen (secondary N) is 4. The lowest BCUT2D eigenvalue weighted by atomic mass is 10.1. The van der Waals surface area contributed by atoms with Crippen molar-refractivity contribution in [1.82, 2.24) is 21.2 Å². The van der Waals surface area contributed by atoms with E-state index >= 15 is 0 Å². The number of fused-ring (bicyclic) bond motifs is 1. The molecule has 32 heavy (non-hydrogen) atoms. The number of benzene rings is 2. The van der Waals surface area contributed by atoms with Crippen molar-refractivity contribution in [3.05, 3.63) is 65.9 Å². The topological polar surface area (TPSA) is 112 Å². The maximum Gasteiger partial charge on any atom is 0.260 e. The van der Waals surface area contributed by atoms with Crippen LogP contribution in [0.3, 0.4) is 0 Å². The van der Waals surface area contributed by atoms with Gasteiger partial charge in [-0.2, -0.15) is 11.8 Å². The highest BCUT2D eigenvalue weighted by Gasteiger charge is 2.23. The Bertz CT molecular complexity index is 1100. The minimum Gasteiger partial charge on any atom is -0.496 e. The van der Waals surface area contributed by atoms with E-state index in [0.29, 0.717) is 23.5 Å². The van der Waals surface area contributed by atoms with Gasteiger partial charge in [-0.05, 0) is 42.2 Å². The number of carbonyl (C=O) groups excluding carboxylic acids is 3. The van der Waals surface area contributed by atoms with Crippen molar-refractivity contribution in [1.29, 1.82) is 0 Å². The molecule has 3 amide bonds. The first-order valence-corrected chi connectivity index (χ1v) is 11.5. The largest absolute Gasteiger partial charge is 0.496 e. The Morgan fingerprint density at radius 3 is 2.59 bits per heavy atom. The fourth-order valence-electron chi connectivity index (χ4n) is 3.29. The van der Waals surface area contributed by atoms with E-state index in [1.807, 2.05) is 30.5 Å². The number of hydrazine groups is 1. The number of ether oxygens (including phenoxy) is 1. The highest BCUT2D eigenvalue weighted by Crippen LogP contribution is 2.18. The number of hydrogen-bond donors (Lipinski definition) is 4. The van der Waals surface area contributed by atoms with Crippen molar-refractivity contribution >= 4 is 40.4 Å². The summed E-state index contributed by atoms with van der Waals surface area (Å²) in [5.74, 6) is -0.194. The molecular formula is C23H26N4O4S. The number of aromatic amines is 1. The fraction of sp³-hybridized carbons (Fsp3) is 0.261. The maximum absolute atomic E-state index is 12.7. The van der Waals surface area contributed by atoms with Gasteiger partial charge in [-0.25, -0.2) is 0 Å². The van der Waals surface area contributed by atoms with Gasteiger partial charge < -0.3 is 15.0 Å². The van der Waals surface area contributed by atoms with Crippen LogP contribution >= 0.6 is 11.8 Å². The number of hydrogen-bond acceptors (Lipinski definition) is 5. The number of methoxy groups -OCH3 is 1. The number of carbonyl (C=O) groups is 3. The lowest BCUT2D eigenvalue weighted by Crippen LogP contribution is -2.52. The zero-order chi connectivity index (χ0) is 22.9. The second-order valence-corrected chi connectivity index (χ2v) is 8.07. The number of amides is 3. The Balaban J connectivity index is 1.60. The summed E-state index contributed by atoms with van der Waals surface area (Å²) in [6.45, 7) is 0. The fourth-order valence-corrected chi connectivity index (χ4v) is 3.76. The second-order valence-electron chi connectivity index (χ2n) is 7.08. The van der Waals surface area contributed by atoms with E-state index in [9.17, 15) is 14.4 Å². The Labute approximate surface area is 190 Å². The first-order valence-electron chi connectivity index (χ1n) is 10.1. The molecular weight excluding hydrogens is 428 g/mol. The number of para-hydroxylation sites is 2. The van der Waals surface area contributed by atoms with Crippen molar-refractivity contribution in [3.63, 3.8) is 0 Å². The Hall–Kier alpha value is -3.46. The molecule has 0 radical (unpaired) electrons. The smallest absolute Gasteiger partial charge is 0.260 e. The third kappa shape index (κ3) is 5.82. The zero-order valence-electron chi connectivity index (χ0n) is 17.9. The molecule has 2 aromatic carbocycles. The minimum absolute atomic E-state index is 0.105. The molecule has 1 aromatic heterocycles. The van der Waals surface area contributed by atoms with Gasteiger partial charge in [0, 0.05) is 17.1 Å². The van der Waals surface area contributed by atoms with Gasteiger partial charge in [0.25, 0.3) is 11.8 Å². The third-order valence-corrected chi connectivity index (χ3v) is 5.58. The van der Waals surface area contributed by atoms with E-state index in [-0.39, 0.29) is 12.3 Å². The maximum atomic E-state index is 12.7. The molecule has 3 rings (SSSR count). The van der Waals surface area contributed by atoms with Crippen molar-refractivity contribution in [2.24, 2.45) is 0 Å². The van der Waals surface area contributed by atoms with Crippen LogP contribution in [0.2, 0.25) is 0 Å². The van der Waals surface area contributed by atoms with E-state index in [0.717, 1.165) is 16.5 Å². The first kappa shape index (κ1) is 23.2. The van der Waals surface area contributed by atoms with Crippen LogP contribution in [0.15, 0.2) is 54.7 Å². The van der Waals surface area contributed by atoms with E-state index in [2.05, 4.69) is 21.2 Å². The number of H-pyrrole nitrogens is 1. The summed E-state index contributed by atoms with van der Waals surface area (Å²) in [4.78, 5) is 40.9. The molecule has 0 bridgehead atoms. The predicted octanol–water partition coefficient (Wildman–Crippen LogP) is 2.42. The zero-order valence-corrected chi connectivity index (χ0v) is 18.8. The summed E-state index contributed by atoms with van der Waals surface area (Å²) in [5.41, 5.74) is 6.98. The van der Waals surface area contributed by atoms with Gasteiger partial charge in [-0.1, -0.05) is 30.3 Å². The van der Waals surface area contributed by atoms with Crippen molar-refractivity contribution in [3.8, 4) is 5.75 Å². The number of thioether (sulfide) groups is 1. The van der Waals surface area contributed by atoms with Crippen LogP contribution in [-0.4, -0.2) is 47.9 Å². The van der Waals surface area contributed by atoms with Crippen LogP contribution < -0.4 is 20.9 Å². The number of rotatable bonds is 9. The Morgan fingerprint density at radius 2 is 1.81 bits per heavy atom. The quantitative estimate of drug-likeness (QED) is 0.371. The summed E-state index contributed by atoms with van der Waals surface area (Å²) in [5, 5.41) is 3.69. The van der Waals surface area contributed by atoms with E-state index < -0.39 is 17.9 Å². The molecule has 3 aromatic rings. The van der Waals surface area contributed by atoms with E-state index in [1.165, 1.54) is 7.11 Å². The van der Waals surface area contributed by atoms with Gasteiger partial charge in [0.05, 0.1) is 19.1 Å². The molecule has 0 saturated heterocycles. The van der Waals surface area contributed by atoms with Crippen LogP contribution in [0, 0.1) is 0 Å². The van der Waals surface area contributed by atoms with Gasteiger partial charge in [0.15, 0.2) is 0 Å². The van der Waals surface area contributed by atoms with E-state index in [1.54, 1.807) is 42.2 Å².